The predicted octanol–water partition coefficient (Wildman–Crippen LogP) is -2.05. The van der Waals surface area contributed by atoms with E-state index in [2.05, 4.69) is 0 Å². The van der Waals surface area contributed by atoms with Gasteiger partial charge in [0.1, 0.15) is 66.4 Å². The molecule has 2 fully saturated rings. The molecule has 8 N–H and O–H groups in total. The number of methoxy groups -OCH3 is 2. The number of aromatic hydroxyl groups is 1. The smallest absolute Gasteiger partial charge is 0.199 e. The van der Waals surface area contributed by atoms with Gasteiger partial charge in [0.15, 0.2) is 29.4 Å². The maximum absolute atomic E-state index is 13.5. The van der Waals surface area contributed by atoms with E-state index in [1.807, 2.05) is 0 Å². The van der Waals surface area contributed by atoms with Gasteiger partial charge < -0.3 is 69.3 Å². The number of carbonyl (C=O) groups excluding carboxylic acids is 1. The lowest BCUT2D eigenvalue weighted by Crippen LogP contribution is -2.65. The van der Waals surface area contributed by atoms with Crippen molar-refractivity contribution in [2.24, 2.45) is 5.92 Å². The van der Waals surface area contributed by atoms with Crippen molar-refractivity contribution in [1.82, 2.24) is 0 Å². The van der Waals surface area contributed by atoms with Crippen molar-refractivity contribution in [2.45, 2.75) is 61.2 Å². The number of rotatable bonds is 7. The molecule has 0 bridgehead atoms. The second kappa shape index (κ2) is 12.4. The lowest BCUT2D eigenvalue weighted by molar-refractivity contribution is -0.329. The fraction of sp³-hybridized carbons (Fsp3) is 0.536. The molecule has 3 heterocycles. The van der Waals surface area contributed by atoms with Crippen LogP contribution in [0.15, 0.2) is 53.2 Å². The van der Waals surface area contributed by atoms with Gasteiger partial charge in [-0.25, -0.2) is 0 Å². The number of ether oxygens (including phenoxy) is 6. The van der Waals surface area contributed by atoms with Crippen LogP contribution in [0.4, 0.5) is 0 Å². The number of phenols is 1. The average molecular weight is 611 g/mol. The van der Waals surface area contributed by atoms with Crippen LogP contribution in [0.2, 0.25) is 0 Å². The molecule has 15 nitrogen and oxygen atoms in total. The first kappa shape index (κ1) is 31.2. The summed E-state index contributed by atoms with van der Waals surface area (Å²) in [7, 11) is 2.47. The van der Waals surface area contributed by atoms with Crippen molar-refractivity contribution in [3.63, 3.8) is 0 Å². The minimum atomic E-state index is -1.80. The monoisotopic (exact) mass is 610 g/mol. The molecule has 0 radical (unpaired) electrons. The fourth-order valence-corrected chi connectivity index (χ4v) is 5.74. The highest BCUT2D eigenvalue weighted by Gasteiger charge is 2.57. The largest absolute Gasteiger partial charge is 0.508 e. The van der Waals surface area contributed by atoms with Crippen molar-refractivity contribution in [3.8, 4) is 5.75 Å². The first-order valence-electron chi connectivity index (χ1n) is 13.4. The third kappa shape index (κ3) is 5.48. The van der Waals surface area contributed by atoms with E-state index in [-0.39, 0.29) is 28.6 Å². The van der Waals surface area contributed by atoms with Crippen LogP contribution in [-0.2, 0) is 33.2 Å². The Kier molecular flexibility index (Phi) is 8.99. The van der Waals surface area contributed by atoms with E-state index in [1.54, 1.807) is 0 Å². The van der Waals surface area contributed by atoms with E-state index < -0.39 is 91.9 Å². The van der Waals surface area contributed by atoms with E-state index in [9.17, 15) is 45.6 Å². The lowest BCUT2D eigenvalue weighted by Gasteiger charge is -2.49. The molecule has 1 aromatic rings. The topological polar surface area (TPSA) is 234 Å². The standard InChI is InChI=1S/C28H34O15/c1-38-24-17(23-16(20(35)26(24)39-2)12(31)7-14(41-23)10-3-5-11(30)6-4-10)25-27(21(36)19(34)15(8-29)42-25)43-28-22(37)18(33)13(32)9-40-28/h3-7,13,15,17-19,21-23,25,27-30,32-37H,8-9H2,1-2H3. The molecular weight excluding hydrogens is 576 g/mol. The molecule has 5 rings (SSSR count). The second-order valence-electron chi connectivity index (χ2n) is 10.5. The highest BCUT2D eigenvalue weighted by molar-refractivity contribution is 6.10. The molecule has 1 aromatic carbocycles. The zero-order valence-corrected chi connectivity index (χ0v) is 23.1. The summed E-state index contributed by atoms with van der Waals surface area (Å²) in [6, 6.07) is 5.77. The summed E-state index contributed by atoms with van der Waals surface area (Å²) in [5.74, 6) is -2.85. The second-order valence-corrected chi connectivity index (χ2v) is 10.5. The Morgan fingerprint density at radius 2 is 1.63 bits per heavy atom. The van der Waals surface area contributed by atoms with E-state index in [4.69, 9.17) is 28.4 Å². The number of fused-ring (bicyclic) bond motifs is 1. The number of hydrogen-bond acceptors (Lipinski definition) is 15. The van der Waals surface area contributed by atoms with Gasteiger partial charge in [0.05, 0.1) is 38.9 Å². The Hall–Kier alpha value is -3.25. The van der Waals surface area contributed by atoms with Gasteiger partial charge in [-0.15, -0.1) is 0 Å². The number of benzene rings is 1. The summed E-state index contributed by atoms with van der Waals surface area (Å²) < 4.78 is 34.5. The van der Waals surface area contributed by atoms with E-state index in [0.29, 0.717) is 5.56 Å². The number of phenolic OH excluding ortho intramolecular Hbond substituents is 1. The molecule has 11 atom stereocenters. The molecule has 4 aliphatic rings. The molecule has 15 heteroatoms. The Morgan fingerprint density at radius 3 is 2.26 bits per heavy atom. The molecule has 2 saturated heterocycles. The zero-order chi connectivity index (χ0) is 31.2. The number of allylic oxidation sites excluding steroid dienone is 1. The first-order chi connectivity index (χ1) is 20.5. The van der Waals surface area contributed by atoms with E-state index in [1.165, 1.54) is 38.5 Å². The van der Waals surface area contributed by atoms with Gasteiger partial charge in [0.25, 0.3) is 0 Å². The summed E-state index contributed by atoms with van der Waals surface area (Å²) in [5, 5.41) is 83.3. The first-order valence-corrected chi connectivity index (χ1v) is 13.4. The van der Waals surface area contributed by atoms with Crippen LogP contribution in [0, 0.1) is 5.92 Å². The van der Waals surface area contributed by atoms with Gasteiger partial charge in [0.2, 0.25) is 0 Å². The third-order valence-electron chi connectivity index (χ3n) is 7.97. The summed E-state index contributed by atoms with van der Waals surface area (Å²) in [4.78, 5) is 13.5. The Labute approximate surface area is 245 Å². The molecular formula is C28H34O15. The summed E-state index contributed by atoms with van der Waals surface area (Å²) in [6.07, 6.45) is -14.6. The minimum absolute atomic E-state index is 0.0301. The lowest BCUT2D eigenvalue weighted by atomic mass is 9.76. The van der Waals surface area contributed by atoms with Crippen molar-refractivity contribution < 1.29 is 74.1 Å². The van der Waals surface area contributed by atoms with Gasteiger partial charge in [0, 0.05) is 11.6 Å². The molecule has 43 heavy (non-hydrogen) atoms. The number of aliphatic hydroxyl groups excluding tert-OH is 7. The highest BCUT2D eigenvalue weighted by atomic mass is 16.7. The summed E-state index contributed by atoms with van der Waals surface area (Å²) in [5.41, 5.74) is 0.150. The van der Waals surface area contributed by atoms with Gasteiger partial charge in [-0.3, -0.25) is 4.79 Å². The average Bonchev–Trinajstić information content (AvgIpc) is 2.99. The van der Waals surface area contributed by atoms with Crippen molar-refractivity contribution in [1.29, 1.82) is 0 Å². The van der Waals surface area contributed by atoms with Crippen molar-refractivity contribution in [3.05, 3.63) is 58.8 Å². The highest BCUT2D eigenvalue weighted by Crippen LogP contribution is 2.46. The van der Waals surface area contributed by atoms with Gasteiger partial charge in [-0.1, -0.05) is 0 Å². The van der Waals surface area contributed by atoms with Gasteiger partial charge >= 0.3 is 0 Å². The Bertz CT molecular complexity index is 1290. The molecule has 0 saturated carbocycles. The van der Waals surface area contributed by atoms with Crippen molar-refractivity contribution >= 4 is 11.5 Å². The van der Waals surface area contributed by atoms with Crippen LogP contribution >= 0.6 is 0 Å². The molecule has 0 spiro atoms. The van der Waals surface area contributed by atoms with E-state index in [0.717, 1.165) is 6.08 Å². The normalized spacial score (nSPS) is 38.3. The Balaban J connectivity index is 1.60. The molecule has 0 aromatic heterocycles. The van der Waals surface area contributed by atoms with Crippen LogP contribution < -0.4 is 0 Å². The van der Waals surface area contributed by atoms with Gasteiger partial charge in [-0.2, -0.15) is 0 Å². The van der Waals surface area contributed by atoms with Gasteiger partial charge in [-0.05, 0) is 24.3 Å². The molecule has 11 unspecified atom stereocenters. The SMILES string of the molecule is COC1=C(OC)C(C2OC(CO)C(O)C(O)C2OC2OCC(O)C(O)C2O)C2OC(c3ccc(O)cc3)=CC(=O)C2=C1O. The minimum Gasteiger partial charge on any atom is -0.508 e. The van der Waals surface area contributed by atoms with E-state index >= 15 is 0 Å². The molecule has 0 amide bonds. The van der Waals surface area contributed by atoms with Crippen LogP contribution in [0.1, 0.15) is 5.56 Å². The molecule has 1 aliphatic carbocycles. The Morgan fingerprint density at radius 1 is 0.930 bits per heavy atom. The fourth-order valence-electron chi connectivity index (χ4n) is 5.74. The number of ketones is 1. The van der Waals surface area contributed by atoms with Crippen LogP contribution in [0.25, 0.3) is 5.76 Å². The quantitative estimate of drug-likeness (QED) is 0.166. The summed E-state index contributed by atoms with van der Waals surface area (Å²) >= 11 is 0. The number of hydrogen-bond donors (Lipinski definition) is 8. The zero-order valence-electron chi connectivity index (χ0n) is 23.1. The summed E-state index contributed by atoms with van der Waals surface area (Å²) in [6.45, 7) is -1.18. The van der Waals surface area contributed by atoms with Crippen LogP contribution in [-0.4, -0.2) is 135 Å². The predicted molar refractivity (Wildman–Crippen MR) is 141 cm³/mol. The molecule has 3 aliphatic heterocycles. The third-order valence-corrected chi connectivity index (χ3v) is 7.97. The number of carbonyl (C=O) groups is 1. The number of aliphatic hydroxyl groups is 7. The maximum Gasteiger partial charge on any atom is 0.199 e. The molecule has 236 valence electrons. The van der Waals surface area contributed by atoms with Crippen molar-refractivity contribution in [2.75, 3.05) is 27.4 Å². The maximum atomic E-state index is 13.5. The van der Waals surface area contributed by atoms with Crippen LogP contribution in [0.3, 0.4) is 0 Å². The van der Waals surface area contributed by atoms with Crippen LogP contribution in [0.5, 0.6) is 5.75 Å².